The Balaban J connectivity index is 0.00000180. The molecule has 1 saturated heterocycles. The predicted molar refractivity (Wildman–Crippen MR) is 75.3 cm³/mol. The van der Waals surface area contributed by atoms with Crippen molar-refractivity contribution in [3.05, 3.63) is 30.1 Å². The lowest BCUT2D eigenvalue weighted by Gasteiger charge is -2.24. The van der Waals surface area contributed by atoms with Crippen LogP contribution in [0.25, 0.3) is 0 Å². The Hall–Kier alpha value is -1.17. The van der Waals surface area contributed by atoms with Crippen LogP contribution in [0.5, 0.6) is 0 Å². The van der Waals surface area contributed by atoms with E-state index in [0.29, 0.717) is 13.0 Å². The van der Waals surface area contributed by atoms with Crippen molar-refractivity contribution in [1.82, 2.24) is 15.6 Å². The summed E-state index contributed by atoms with van der Waals surface area (Å²) in [7, 11) is 0. The van der Waals surface area contributed by atoms with Gasteiger partial charge in [0.15, 0.2) is 0 Å². The maximum absolute atomic E-state index is 11.9. The smallest absolute Gasteiger partial charge is 0.222 e. The summed E-state index contributed by atoms with van der Waals surface area (Å²) in [6.07, 6.45) is 3.94. The molecule has 19 heavy (non-hydrogen) atoms. The van der Waals surface area contributed by atoms with Crippen LogP contribution in [-0.4, -0.2) is 36.7 Å². The van der Waals surface area contributed by atoms with Crippen molar-refractivity contribution in [2.24, 2.45) is 0 Å². The third kappa shape index (κ3) is 5.14. The summed E-state index contributed by atoms with van der Waals surface area (Å²) < 4.78 is 5.32. The number of hydrogen-bond donors (Lipinski definition) is 2. The minimum atomic E-state index is -0.0179. The van der Waals surface area contributed by atoms with Gasteiger partial charge in [-0.2, -0.15) is 0 Å². The normalized spacial score (nSPS) is 20.2. The van der Waals surface area contributed by atoms with Gasteiger partial charge in [-0.3, -0.25) is 9.78 Å². The highest BCUT2D eigenvalue weighted by atomic mass is 35.5. The van der Waals surface area contributed by atoms with E-state index in [9.17, 15) is 4.79 Å². The first-order valence-corrected chi connectivity index (χ1v) is 6.26. The van der Waals surface area contributed by atoms with E-state index in [1.54, 1.807) is 12.4 Å². The standard InChI is InChI=1S/C13H19N3O2.ClH/c1-10(11-3-2-4-14-8-11)16-13(17)7-12-9-18-6-5-15-12;/h2-4,8,10,12,15H,5-7,9H2,1H3,(H,16,17);1H. The highest BCUT2D eigenvalue weighted by molar-refractivity contribution is 5.85. The van der Waals surface area contributed by atoms with Crippen molar-refractivity contribution in [1.29, 1.82) is 0 Å². The number of halogens is 1. The summed E-state index contributed by atoms with van der Waals surface area (Å²) in [4.78, 5) is 15.9. The summed E-state index contributed by atoms with van der Waals surface area (Å²) in [6.45, 7) is 4.11. The van der Waals surface area contributed by atoms with Crippen LogP contribution in [0.15, 0.2) is 24.5 Å². The summed E-state index contributed by atoms with van der Waals surface area (Å²) in [6, 6.07) is 3.93. The molecule has 1 fully saturated rings. The first-order chi connectivity index (χ1) is 8.75. The molecule has 0 radical (unpaired) electrons. The molecular formula is C13H20ClN3O2. The molecule has 1 aliphatic heterocycles. The fourth-order valence-corrected chi connectivity index (χ4v) is 1.99. The van der Waals surface area contributed by atoms with Crippen molar-refractivity contribution in [3.63, 3.8) is 0 Å². The SMILES string of the molecule is CC(NC(=O)CC1COCCN1)c1cccnc1.Cl. The molecule has 2 heterocycles. The van der Waals surface area contributed by atoms with Gasteiger partial charge < -0.3 is 15.4 Å². The molecule has 1 aromatic heterocycles. The molecule has 6 heteroatoms. The number of nitrogens with one attached hydrogen (secondary N) is 2. The molecule has 106 valence electrons. The second kappa shape index (κ2) is 8.09. The minimum Gasteiger partial charge on any atom is -0.378 e. The van der Waals surface area contributed by atoms with Crippen LogP contribution in [0.1, 0.15) is 24.9 Å². The van der Waals surface area contributed by atoms with Crippen molar-refractivity contribution in [3.8, 4) is 0 Å². The van der Waals surface area contributed by atoms with Crippen molar-refractivity contribution < 1.29 is 9.53 Å². The summed E-state index contributed by atoms with van der Waals surface area (Å²) >= 11 is 0. The average Bonchev–Trinajstić information content (AvgIpc) is 2.40. The largest absolute Gasteiger partial charge is 0.378 e. The zero-order chi connectivity index (χ0) is 12.8. The van der Waals surface area contributed by atoms with Crippen molar-refractivity contribution in [2.45, 2.75) is 25.4 Å². The van der Waals surface area contributed by atoms with Crippen LogP contribution in [0, 0.1) is 0 Å². The van der Waals surface area contributed by atoms with Gasteiger partial charge in [-0.25, -0.2) is 0 Å². The summed E-state index contributed by atoms with van der Waals surface area (Å²) in [5.41, 5.74) is 1.01. The first-order valence-electron chi connectivity index (χ1n) is 6.26. The number of aromatic nitrogens is 1. The van der Waals surface area contributed by atoms with Gasteiger partial charge in [0.05, 0.1) is 19.3 Å². The monoisotopic (exact) mass is 285 g/mol. The average molecular weight is 286 g/mol. The van der Waals surface area contributed by atoms with Gasteiger partial charge in [-0.15, -0.1) is 12.4 Å². The Bertz CT molecular complexity index is 383. The summed E-state index contributed by atoms with van der Waals surface area (Å²) in [5, 5.41) is 6.23. The van der Waals surface area contributed by atoms with E-state index < -0.39 is 0 Å². The van der Waals surface area contributed by atoms with Gasteiger partial charge in [-0.1, -0.05) is 6.07 Å². The second-order valence-electron chi connectivity index (χ2n) is 4.51. The van der Waals surface area contributed by atoms with Crippen LogP contribution in [-0.2, 0) is 9.53 Å². The highest BCUT2D eigenvalue weighted by Crippen LogP contribution is 2.10. The second-order valence-corrected chi connectivity index (χ2v) is 4.51. The number of pyridine rings is 1. The minimum absolute atomic E-state index is 0. The van der Waals surface area contributed by atoms with Gasteiger partial charge in [-0.05, 0) is 18.6 Å². The Morgan fingerprint density at radius 2 is 2.53 bits per heavy atom. The molecule has 2 atom stereocenters. The van der Waals surface area contributed by atoms with E-state index in [0.717, 1.165) is 18.7 Å². The third-order valence-electron chi connectivity index (χ3n) is 2.99. The molecule has 0 spiro atoms. The Kier molecular flexibility index (Phi) is 6.77. The van der Waals surface area contributed by atoms with Crippen LogP contribution < -0.4 is 10.6 Å². The quantitative estimate of drug-likeness (QED) is 0.868. The van der Waals surface area contributed by atoms with Gasteiger partial charge in [0.2, 0.25) is 5.91 Å². The zero-order valence-corrected chi connectivity index (χ0v) is 11.8. The number of carbonyl (C=O) groups excluding carboxylic acids is 1. The van der Waals surface area contributed by atoms with Gasteiger partial charge >= 0.3 is 0 Å². The predicted octanol–water partition coefficient (Wildman–Crippen LogP) is 1.06. The Labute approximate surface area is 119 Å². The number of rotatable bonds is 4. The fraction of sp³-hybridized carbons (Fsp3) is 0.538. The molecule has 1 aromatic rings. The van der Waals surface area contributed by atoms with Crippen LogP contribution in [0.2, 0.25) is 0 Å². The molecule has 2 N–H and O–H groups in total. The molecular weight excluding hydrogens is 266 g/mol. The maximum atomic E-state index is 11.9. The van der Waals surface area contributed by atoms with E-state index in [4.69, 9.17) is 4.74 Å². The van der Waals surface area contributed by atoms with Crippen molar-refractivity contribution in [2.75, 3.05) is 19.8 Å². The molecule has 0 aliphatic carbocycles. The van der Waals surface area contributed by atoms with Gasteiger partial charge in [0.1, 0.15) is 0 Å². The number of carbonyl (C=O) groups is 1. The molecule has 0 aromatic carbocycles. The lowest BCUT2D eigenvalue weighted by atomic mass is 10.1. The molecule has 1 amide bonds. The zero-order valence-electron chi connectivity index (χ0n) is 11.0. The highest BCUT2D eigenvalue weighted by Gasteiger charge is 2.18. The number of ether oxygens (including phenoxy) is 1. The molecule has 0 bridgehead atoms. The van der Waals surface area contributed by atoms with Crippen molar-refractivity contribution >= 4 is 18.3 Å². The number of amides is 1. The maximum Gasteiger partial charge on any atom is 0.222 e. The van der Waals surface area contributed by atoms with Gasteiger partial charge in [0, 0.05) is 31.4 Å². The number of hydrogen-bond acceptors (Lipinski definition) is 4. The Morgan fingerprint density at radius 1 is 1.68 bits per heavy atom. The lowest BCUT2D eigenvalue weighted by molar-refractivity contribution is -0.122. The van der Waals surface area contributed by atoms with E-state index in [2.05, 4.69) is 15.6 Å². The summed E-state index contributed by atoms with van der Waals surface area (Å²) in [5.74, 6) is 0.0364. The topological polar surface area (TPSA) is 63.2 Å². The fourth-order valence-electron chi connectivity index (χ4n) is 1.99. The third-order valence-corrected chi connectivity index (χ3v) is 2.99. The van der Waals surface area contributed by atoms with E-state index in [-0.39, 0.29) is 30.4 Å². The van der Waals surface area contributed by atoms with Crippen LogP contribution in [0.4, 0.5) is 0 Å². The van der Waals surface area contributed by atoms with E-state index in [1.807, 2.05) is 19.1 Å². The molecule has 2 rings (SSSR count). The molecule has 2 unspecified atom stereocenters. The van der Waals surface area contributed by atoms with E-state index >= 15 is 0 Å². The number of nitrogens with zero attached hydrogens (tertiary/aromatic N) is 1. The lowest BCUT2D eigenvalue weighted by Crippen LogP contribution is -2.44. The van der Waals surface area contributed by atoms with Crippen LogP contribution >= 0.6 is 12.4 Å². The first kappa shape index (κ1) is 15.9. The number of morpholine rings is 1. The molecule has 5 nitrogen and oxygen atoms in total. The van der Waals surface area contributed by atoms with Gasteiger partial charge in [0.25, 0.3) is 0 Å². The molecule has 0 saturated carbocycles. The van der Waals surface area contributed by atoms with Crippen LogP contribution in [0.3, 0.4) is 0 Å². The Morgan fingerprint density at radius 3 is 3.16 bits per heavy atom. The molecule has 1 aliphatic rings. The van der Waals surface area contributed by atoms with E-state index in [1.165, 1.54) is 0 Å².